The molecule has 4 atom stereocenters. The number of nitrogens with two attached hydrogens (primary N) is 1. The molecule has 2 unspecified atom stereocenters. The number of amides is 1. The molecule has 3 saturated carbocycles. The third-order valence-corrected chi connectivity index (χ3v) is 7.93. The first-order valence-electron chi connectivity index (χ1n) is 12.6. The van der Waals surface area contributed by atoms with Crippen LogP contribution in [-0.4, -0.2) is 62.7 Å². The van der Waals surface area contributed by atoms with Gasteiger partial charge in [0.1, 0.15) is 6.33 Å². The Morgan fingerprint density at radius 2 is 2.08 bits per heavy atom. The van der Waals surface area contributed by atoms with E-state index in [2.05, 4.69) is 41.2 Å². The fourth-order valence-corrected chi connectivity index (χ4v) is 5.15. The van der Waals surface area contributed by atoms with Crippen LogP contribution in [0.4, 0.5) is 11.8 Å². The molecule has 0 spiro atoms. The van der Waals surface area contributed by atoms with Gasteiger partial charge in [0.2, 0.25) is 11.8 Å². The first-order chi connectivity index (χ1) is 17.5. The number of nitrogens with one attached hydrogen (secondary N) is 1. The molecule has 12 nitrogen and oxygen atoms in total. The van der Waals surface area contributed by atoms with Crippen LogP contribution >= 0.6 is 0 Å². The summed E-state index contributed by atoms with van der Waals surface area (Å²) in [5, 5.41) is 12.2. The number of nitrogens with zero attached hydrogens (tertiary/aromatic N) is 7. The highest BCUT2D eigenvalue weighted by molar-refractivity contribution is 5.91. The Kier molecular flexibility index (Phi) is 5.70. The monoisotopic (exact) mass is 491 g/mol. The van der Waals surface area contributed by atoms with Crippen LogP contribution in [0.2, 0.25) is 0 Å². The minimum Gasteiger partial charge on any atom is -0.488 e. The minimum absolute atomic E-state index is 0.0256. The van der Waals surface area contributed by atoms with Gasteiger partial charge in [-0.25, -0.2) is 9.97 Å². The molecule has 1 amide bonds. The summed E-state index contributed by atoms with van der Waals surface area (Å²) in [4.78, 5) is 36.3. The number of fused-ring (bicyclic) bond motifs is 1. The summed E-state index contributed by atoms with van der Waals surface area (Å²) in [6, 6.07) is 2.40. The minimum atomic E-state index is -0.280. The van der Waals surface area contributed by atoms with Crippen molar-refractivity contribution in [3.63, 3.8) is 0 Å². The summed E-state index contributed by atoms with van der Waals surface area (Å²) in [6.07, 6.45) is 8.74. The van der Waals surface area contributed by atoms with Crippen LogP contribution in [0, 0.1) is 35.0 Å². The molecular formula is C24H29N9O3. The summed E-state index contributed by atoms with van der Waals surface area (Å²) in [5.41, 5.74) is 5.78. The number of nitrogen functional groups attached to an aromatic ring is 1. The van der Waals surface area contributed by atoms with Gasteiger partial charge >= 0.3 is 6.01 Å². The lowest BCUT2D eigenvalue weighted by Gasteiger charge is -2.32. The van der Waals surface area contributed by atoms with Crippen molar-refractivity contribution in [2.24, 2.45) is 23.7 Å². The third kappa shape index (κ3) is 4.57. The van der Waals surface area contributed by atoms with Gasteiger partial charge in [0.15, 0.2) is 11.6 Å². The van der Waals surface area contributed by atoms with Crippen LogP contribution in [0.1, 0.15) is 49.1 Å². The summed E-state index contributed by atoms with van der Waals surface area (Å²) >= 11 is 0. The second-order valence-electron chi connectivity index (χ2n) is 10.3. The van der Waals surface area contributed by atoms with Crippen LogP contribution in [0.3, 0.4) is 0 Å². The zero-order valence-corrected chi connectivity index (χ0v) is 20.0. The van der Waals surface area contributed by atoms with Gasteiger partial charge in [0.25, 0.3) is 5.91 Å². The molecule has 0 radical (unpaired) electrons. The lowest BCUT2D eigenvalue weighted by Crippen LogP contribution is -2.44. The average molecular weight is 492 g/mol. The zero-order chi connectivity index (χ0) is 24.7. The molecule has 4 fully saturated rings. The van der Waals surface area contributed by atoms with Gasteiger partial charge in [0.05, 0.1) is 31.4 Å². The number of nitriles is 1. The molecule has 1 aliphatic heterocycles. The van der Waals surface area contributed by atoms with Crippen molar-refractivity contribution >= 4 is 17.7 Å². The van der Waals surface area contributed by atoms with E-state index in [0.29, 0.717) is 55.7 Å². The number of carbonyl (C=O) groups is 1. The quantitative estimate of drug-likeness (QED) is 0.520. The molecular weight excluding hydrogens is 462 g/mol. The molecule has 36 heavy (non-hydrogen) atoms. The molecule has 0 aromatic carbocycles. The van der Waals surface area contributed by atoms with E-state index in [9.17, 15) is 4.79 Å². The number of carbonyl (C=O) groups excluding carboxylic acids is 1. The molecule has 2 aromatic rings. The summed E-state index contributed by atoms with van der Waals surface area (Å²) in [7, 11) is 0. The Balaban J connectivity index is 1.11. The van der Waals surface area contributed by atoms with Gasteiger partial charge in [-0.2, -0.15) is 20.2 Å². The highest BCUT2D eigenvalue weighted by Crippen LogP contribution is 2.59. The topological polar surface area (TPSA) is 165 Å². The maximum absolute atomic E-state index is 13.0. The van der Waals surface area contributed by atoms with Gasteiger partial charge in [0, 0.05) is 24.5 Å². The van der Waals surface area contributed by atoms with Gasteiger partial charge in [-0.3, -0.25) is 4.79 Å². The number of piperidine rings is 1. The zero-order valence-electron chi connectivity index (χ0n) is 20.0. The van der Waals surface area contributed by atoms with E-state index in [0.717, 1.165) is 32.1 Å². The maximum atomic E-state index is 13.0. The lowest BCUT2D eigenvalue weighted by molar-refractivity contribution is 0.0895. The third-order valence-electron chi connectivity index (χ3n) is 7.93. The van der Waals surface area contributed by atoms with E-state index in [1.165, 1.54) is 12.7 Å². The number of ether oxygens (including phenoxy) is 2. The number of hydrogen-bond donors (Lipinski definition) is 2. The average Bonchev–Trinajstić information content (AvgIpc) is 3.78. The Morgan fingerprint density at radius 3 is 2.75 bits per heavy atom. The van der Waals surface area contributed by atoms with Crippen LogP contribution in [-0.2, 0) is 0 Å². The first kappa shape index (κ1) is 22.7. The van der Waals surface area contributed by atoms with Gasteiger partial charge in [-0.15, -0.1) is 0 Å². The molecule has 12 heteroatoms. The van der Waals surface area contributed by atoms with Crippen LogP contribution in [0.15, 0.2) is 12.5 Å². The smallest absolute Gasteiger partial charge is 0.321 e. The Hall–Kier alpha value is -3.75. The molecule has 0 bridgehead atoms. The maximum Gasteiger partial charge on any atom is 0.321 e. The highest BCUT2D eigenvalue weighted by Gasteiger charge is 2.62. The molecule has 4 aliphatic rings. The fraction of sp³-hybridized carbons (Fsp3) is 0.625. The van der Waals surface area contributed by atoms with Gasteiger partial charge in [-0.1, -0.05) is 0 Å². The Labute approximate surface area is 208 Å². The number of hydrogen-bond acceptors (Lipinski definition) is 11. The number of anilines is 2. The summed E-state index contributed by atoms with van der Waals surface area (Å²) in [6.45, 7) is 2.31. The predicted octanol–water partition coefficient (Wildman–Crippen LogP) is 1.36. The van der Waals surface area contributed by atoms with Crippen LogP contribution in [0.5, 0.6) is 11.8 Å². The van der Waals surface area contributed by atoms with Crippen molar-refractivity contribution in [3.8, 4) is 17.8 Å². The number of aromatic nitrogens is 5. The van der Waals surface area contributed by atoms with Crippen molar-refractivity contribution in [1.29, 1.82) is 5.26 Å². The highest BCUT2D eigenvalue weighted by atomic mass is 16.5. The van der Waals surface area contributed by atoms with E-state index in [1.54, 1.807) is 6.20 Å². The van der Waals surface area contributed by atoms with Crippen molar-refractivity contribution in [2.75, 3.05) is 36.9 Å². The molecule has 6 rings (SSSR count). The van der Waals surface area contributed by atoms with Crippen LogP contribution in [0.25, 0.3) is 0 Å². The van der Waals surface area contributed by atoms with E-state index in [1.807, 2.05) is 0 Å². The van der Waals surface area contributed by atoms with Crippen molar-refractivity contribution in [1.82, 2.24) is 30.2 Å². The molecule has 2 aromatic heterocycles. The Bertz CT molecular complexity index is 1190. The first-order valence-corrected chi connectivity index (χ1v) is 12.6. The largest absolute Gasteiger partial charge is 0.488 e. The second kappa shape index (κ2) is 9.04. The Morgan fingerprint density at radius 1 is 1.22 bits per heavy atom. The van der Waals surface area contributed by atoms with Gasteiger partial charge in [-0.05, 0) is 50.4 Å². The second-order valence-corrected chi connectivity index (χ2v) is 10.3. The summed E-state index contributed by atoms with van der Waals surface area (Å²) in [5.74, 6) is 2.21. The van der Waals surface area contributed by atoms with Crippen molar-refractivity contribution in [2.45, 2.75) is 44.1 Å². The molecule has 3 heterocycles. The van der Waals surface area contributed by atoms with E-state index in [-0.39, 0.29) is 35.1 Å². The predicted molar refractivity (Wildman–Crippen MR) is 127 cm³/mol. The van der Waals surface area contributed by atoms with Crippen molar-refractivity contribution in [3.05, 3.63) is 18.3 Å². The summed E-state index contributed by atoms with van der Waals surface area (Å²) < 4.78 is 11.6. The number of rotatable bonds is 9. The van der Waals surface area contributed by atoms with Crippen LogP contribution < -0.4 is 25.4 Å². The SMILES string of the molecule is N#C[C@@H]1C[C@@H]1COc1nc(C(=O)NC23CCC2C3)nc(N2CCC(COc3cncnc3N)CC2)n1. The molecule has 1 saturated heterocycles. The van der Waals surface area contributed by atoms with Crippen molar-refractivity contribution < 1.29 is 14.3 Å². The van der Waals surface area contributed by atoms with E-state index >= 15 is 0 Å². The normalized spacial score (nSPS) is 28.3. The van der Waals surface area contributed by atoms with E-state index in [4.69, 9.17) is 20.5 Å². The standard InChI is InChI=1S/C24H29N9O3/c25-9-15-7-16(15)12-36-23-30-20(21(34)32-24-4-1-17(24)8-24)29-22(31-23)33-5-2-14(3-6-33)11-35-18-10-27-13-28-19(18)26/h10,13-17H,1-8,11-12H2,(H,32,34)(H2,26,27,28)/t15-,16+,17?,24?/m0/s1. The fourth-order valence-electron chi connectivity index (χ4n) is 5.15. The lowest BCUT2D eigenvalue weighted by atomic mass is 9.93. The van der Waals surface area contributed by atoms with E-state index < -0.39 is 0 Å². The van der Waals surface area contributed by atoms with Gasteiger partial charge < -0.3 is 25.4 Å². The molecule has 3 N–H and O–H groups in total. The molecule has 188 valence electrons. The molecule has 3 aliphatic carbocycles.